The number of aromatic nitrogens is 1. The first-order chi connectivity index (χ1) is 11.1. The van der Waals surface area contributed by atoms with E-state index in [2.05, 4.69) is 50.2 Å². The van der Waals surface area contributed by atoms with Crippen molar-refractivity contribution in [3.63, 3.8) is 0 Å². The molecular weight excluding hydrogens is 402 g/mol. The normalized spacial score (nSPS) is 11.2. The van der Waals surface area contributed by atoms with Crippen LogP contribution in [-0.4, -0.2) is 20.3 Å². The van der Waals surface area contributed by atoms with Crippen LogP contribution in [0.4, 0.5) is 5.69 Å². The Bertz CT molecular complexity index is 682. The molecule has 0 spiro atoms. The lowest BCUT2D eigenvalue weighted by Crippen LogP contribution is -2.68. The average Bonchev–Trinajstić information content (AvgIpc) is 2.47. The minimum Gasteiger partial charge on any atom is -0.378 e. The first-order valence-electron chi connectivity index (χ1n) is 6.67. The van der Waals surface area contributed by atoms with Crippen LogP contribution in [0.2, 0.25) is 0 Å². The van der Waals surface area contributed by atoms with Gasteiger partial charge in [0.25, 0.3) is 0 Å². The van der Waals surface area contributed by atoms with E-state index in [9.17, 15) is 0 Å². The fraction of sp³-hybridized carbons (Fsp3) is 0.200. The smallest absolute Gasteiger partial charge is 0.216 e. The number of pyridine rings is 1. The number of rotatable bonds is 3. The molecule has 0 atom stereocenters. The van der Waals surface area contributed by atoms with Gasteiger partial charge in [0, 0.05) is 32.8 Å². The molecule has 0 saturated heterocycles. The van der Waals surface area contributed by atoms with Crippen molar-refractivity contribution in [3.8, 4) is 0 Å². The maximum atomic E-state index is 8.49. The summed E-state index contributed by atoms with van der Waals surface area (Å²) in [5.74, 6) is 0. The molecule has 2 rings (SSSR count). The maximum absolute atomic E-state index is 8.49. The Morgan fingerprint density at radius 1 is 1.04 bits per heavy atom. The Kier molecular flexibility index (Phi) is 7.74. The molecule has 1 aromatic carbocycles. The van der Waals surface area contributed by atoms with Crippen molar-refractivity contribution in [2.75, 3.05) is 19.0 Å². The molecule has 0 bridgehead atoms. The molecule has 130 valence electrons. The summed E-state index contributed by atoms with van der Waals surface area (Å²) in [6, 6.07) is 12.3. The molecule has 9 heteroatoms. The largest absolute Gasteiger partial charge is 0.378 e. The lowest BCUT2D eigenvalue weighted by Gasteiger charge is -2.17. The van der Waals surface area contributed by atoms with Crippen LogP contribution in [0.15, 0.2) is 52.2 Å². The maximum Gasteiger partial charge on any atom is 0.216 e. The van der Waals surface area contributed by atoms with E-state index in [4.69, 9.17) is 18.6 Å². The molecule has 0 radical (unpaired) electrons. The van der Waals surface area contributed by atoms with E-state index in [0.717, 1.165) is 15.7 Å². The second kappa shape index (κ2) is 9.07. The van der Waals surface area contributed by atoms with Gasteiger partial charge in [0.2, 0.25) is 11.9 Å². The van der Waals surface area contributed by atoms with Gasteiger partial charge in [0.15, 0.2) is 0 Å². The van der Waals surface area contributed by atoms with Crippen molar-refractivity contribution < 1.29 is 33.6 Å². The third-order valence-electron chi connectivity index (χ3n) is 2.83. The molecule has 1 aromatic heterocycles. The Morgan fingerprint density at radius 2 is 1.58 bits per heavy atom. The number of hydrogen-bond donors (Lipinski definition) is 0. The summed E-state index contributed by atoms with van der Waals surface area (Å²) in [5, 5.41) is 4.46. The molecule has 0 amide bonds. The summed E-state index contributed by atoms with van der Waals surface area (Å²) in [6.45, 7) is 2.03. The lowest BCUT2D eigenvalue weighted by atomic mass is 10.2. The van der Waals surface area contributed by atoms with E-state index in [1.54, 1.807) is 0 Å². The summed E-state index contributed by atoms with van der Waals surface area (Å²) in [5.41, 5.74) is 3.35. The zero-order valence-corrected chi connectivity index (χ0v) is 15.7. The van der Waals surface area contributed by atoms with Gasteiger partial charge < -0.3 is 4.90 Å². The molecule has 0 N–H and O–H groups in total. The second-order valence-electron chi connectivity index (χ2n) is 4.94. The van der Waals surface area contributed by atoms with Crippen LogP contribution in [0.25, 0.3) is 0 Å². The van der Waals surface area contributed by atoms with E-state index >= 15 is 0 Å². The number of hydrogen-bond acceptors (Lipinski definition) is 6. The summed E-state index contributed by atoms with van der Waals surface area (Å²) >= 11 is 3.45. The highest BCUT2D eigenvalue weighted by atomic mass is 79.9. The predicted octanol–water partition coefficient (Wildman–Crippen LogP) is -1.76. The molecule has 2 aromatic rings. The fourth-order valence-corrected chi connectivity index (χ4v) is 1.98. The number of halogens is 2. The summed E-state index contributed by atoms with van der Waals surface area (Å²) in [6.07, 6.45) is 3.80. The predicted molar refractivity (Wildman–Crippen MR) is 82.8 cm³/mol. The molecular formula is C15H17BrClN3O4. The van der Waals surface area contributed by atoms with Gasteiger partial charge in [-0.1, -0.05) is 16.8 Å². The molecule has 0 unspecified atom stereocenters. The van der Waals surface area contributed by atoms with Gasteiger partial charge in [0.1, 0.15) is 6.21 Å². The Balaban J connectivity index is 0.000000505. The van der Waals surface area contributed by atoms with Gasteiger partial charge >= 0.3 is 0 Å². The van der Waals surface area contributed by atoms with E-state index < -0.39 is 10.2 Å². The van der Waals surface area contributed by atoms with Crippen molar-refractivity contribution in [1.29, 1.82) is 0 Å². The van der Waals surface area contributed by atoms with Crippen molar-refractivity contribution >= 4 is 27.8 Å². The Hall–Kier alpha value is -1.55. The Morgan fingerprint density at radius 3 is 2.08 bits per heavy atom. The van der Waals surface area contributed by atoms with Crippen LogP contribution < -0.4 is 28.2 Å². The SMILES string of the molecule is Cc1ccc(Br)c[n+]1N=Cc1ccc(N(C)C)cc1.[O-][Cl+3]([O-])([O-])[O-]. The molecule has 0 aliphatic carbocycles. The van der Waals surface area contributed by atoms with E-state index in [0.29, 0.717) is 0 Å². The molecule has 0 saturated carbocycles. The highest BCUT2D eigenvalue weighted by Gasteiger charge is 2.04. The lowest BCUT2D eigenvalue weighted by molar-refractivity contribution is -2.00. The van der Waals surface area contributed by atoms with Gasteiger partial charge in [-0.05, 0) is 44.8 Å². The van der Waals surface area contributed by atoms with Crippen molar-refractivity contribution in [1.82, 2.24) is 0 Å². The first-order valence-corrected chi connectivity index (χ1v) is 8.70. The second-order valence-corrected chi connectivity index (χ2v) is 6.61. The summed E-state index contributed by atoms with van der Waals surface area (Å²) in [4.78, 5) is 2.08. The topological polar surface area (TPSA) is 112 Å². The average molecular weight is 419 g/mol. The van der Waals surface area contributed by atoms with Gasteiger partial charge in [-0.2, -0.15) is 0 Å². The van der Waals surface area contributed by atoms with Crippen LogP contribution in [0.1, 0.15) is 11.3 Å². The van der Waals surface area contributed by atoms with Crippen molar-refractivity contribution in [2.45, 2.75) is 6.92 Å². The monoisotopic (exact) mass is 417 g/mol. The molecule has 1 heterocycles. The van der Waals surface area contributed by atoms with Crippen LogP contribution in [0.3, 0.4) is 0 Å². The molecule has 0 aliphatic heterocycles. The van der Waals surface area contributed by atoms with Gasteiger partial charge in [-0.15, -0.1) is 10.2 Å². The number of aryl methyl sites for hydroxylation is 1. The van der Waals surface area contributed by atoms with Crippen LogP contribution in [0, 0.1) is 17.2 Å². The third kappa shape index (κ3) is 8.34. The van der Waals surface area contributed by atoms with Crippen LogP contribution in [-0.2, 0) is 0 Å². The molecule has 7 nitrogen and oxygen atoms in total. The zero-order valence-electron chi connectivity index (χ0n) is 13.3. The van der Waals surface area contributed by atoms with Crippen LogP contribution in [0.5, 0.6) is 0 Å². The minimum absolute atomic E-state index is 1.01. The van der Waals surface area contributed by atoms with Gasteiger partial charge in [-0.25, -0.2) is 18.6 Å². The molecule has 0 aliphatic rings. The highest BCUT2D eigenvalue weighted by molar-refractivity contribution is 9.10. The van der Waals surface area contributed by atoms with Crippen LogP contribution >= 0.6 is 15.9 Å². The number of anilines is 1. The minimum atomic E-state index is -4.94. The fourth-order valence-electron chi connectivity index (χ4n) is 1.65. The summed E-state index contributed by atoms with van der Waals surface area (Å²) in [7, 11) is -0.881. The first kappa shape index (κ1) is 20.5. The Labute approximate surface area is 151 Å². The van der Waals surface area contributed by atoms with Gasteiger partial charge in [-0.3, -0.25) is 0 Å². The van der Waals surface area contributed by atoms with E-state index in [-0.39, 0.29) is 0 Å². The quantitative estimate of drug-likeness (QED) is 0.433. The number of benzene rings is 1. The van der Waals surface area contributed by atoms with E-state index in [1.807, 2.05) is 50.2 Å². The van der Waals surface area contributed by atoms with Crippen molar-refractivity contribution in [2.24, 2.45) is 5.10 Å². The number of nitrogens with zero attached hydrogens (tertiary/aromatic N) is 3. The molecule has 24 heavy (non-hydrogen) atoms. The van der Waals surface area contributed by atoms with E-state index in [1.165, 1.54) is 5.69 Å². The standard InChI is InChI=1S/C15H17BrN3.ClHO4/c1-12-4-7-14(16)11-19(12)17-10-13-5-8-15(9-6-13)18(2)3;2-1(3,4)5/h4-11H,1-3H3;(H,2,3,4,5)/q+1;/p-1. The van der Waals surface area contributed by atoms with Crippen molar-refractivity contribution in [3.05, 3.63) is 58.3 Å². The highest BCUT2D eigenvalue weighted by Crippen LogP contribution is 2.11. The zero-order chi connectivity index (χ0) is 18.3. The summed E-state index contributed by atoms with van der Waals surface area (Å²) < 4.78 is 36.8. The third-order valence-corrected chi connectivity index (χ3v) is 3.30. The van der Waals surface area contributed by atoms with Gasteiger partial charge in [0.05, 0.1) is 4.47 Å². The molecule has 0 fully saturated rings.